The second-order valence-corrected chi connectivity index (χ2v) is 14.8. The predicted octanol–water partition coefficient (Wildman–Crippen LogP) is 15.0. The highest BCUT2D eigenvalue weighted by molar-refractivity contribution is 5.66. The van der Waals surface area contributed by atoms with Crippen LogP contribution in [0.4, 0.5) is 0 Å². The summed E-state index contributed by atoms with van der Waals surface area (Å²) in [5.74, 6) is 14.3. The number of hydrogen-bond donors (Lipinski definition) is 0. The third kappa shape index (κ3) is 17.6. The summed E-state index contributed by atoms with van der Waals surface area (Å²) in [5.41, 5.74) is 6.59. The number of rotatable bonds is 26. The van der Waals surface area contributed by atoms with Gasteiger partial charge in [0, 0.05) is 11.1 Å². The Kier molecular flexibility index (Phi) is 21.3. The summed E-state index contributed by atoms with van der Waals surface area (Å²) < 4.78 is 12.0. The molecule has 0 bridgehead atoms. The van der Waals surface area contributed by atoms with Crippen molar-refractivity contribution in [2.24, 2.45) is 0 Å². The van der Waals surface area contributed by atoms with Gasteiger partial charge >= 0.3 is 0 Å². The zero-order valence-electron chi connectivity index (χ0n) is 33.6. The van der Waals surface area contributed by atoms with Crippen LogP contribution in [0.2, 0.25) is 0 Å². The molecule has 0 saturated carbocycles. The van der Waals surface area contributed by atoms with E-state index in [0.717, 1.165) is 48.7 Å². The Morgan fingerprint density at radius 2 is 0.574 bits per heavy atom. The van der Waals surface area contributed by atoms with Crippen LogP contribution in [0, 0.1) is 23.7 Å². The molecule has 0 aliphatic heterocycles. The Labute approximate surface area is 329 Å². The summed E-state index contributed by atoms with van der Waals surface area (Å²) in [4.78, 5) is 0. The Balaban J connectivity index is 1.10. The SMILES string of the molecule is CCCCCCCCCCCCOc1ccc(-c2ccc(C#CC#Cc3ccc(-c4ccc(OCCCCCCCCCCCC)cc4)cc3)cc2)cc1. The molecule has 0 unspecified atom stereocenters. The van der Waals surface area contributed by atoms with E-state index in [-0.39, 0.29) is 0 Å². The van der Waals surface area contributed by atoms with Crippen LogP contribution in [0.3, 0.4) is 0 Å². The maximum Gasteiger partial charge on any atom is 0.119 e. The van der Waals surface area contributed by atoms with Gasteiger partial charge in [-0.15, -0.1) is 0 Å². The van der Waals surface area contributed by atoms with E-state index in [4.69, 9.17) is 9.47 Å². The van der Waals surface area contributed by atoms with Gasteiger partial charge in [0.15, 0.2) is 0 Å². The molecule has 0 atom stereocenters. The zero-order chi connectivity index (χ0) is 37.7. The lowest BCUT2D eigenvalue weighted by Gasteiger charge is -2.08. The molecule has 0 N–H and O–H groups in total. The standard InChI is InChI=1S/C52H66O2/c1-3-5-7-9-11-13-15-17-19-23-43-53-51-39-35-49(36-40-51)47-31-27-45(28-32-47)25-21-22-26-46-29-33-48(34-30-46)50-37-41-52(42-38-50)54-44-24-20-18-16-14-12-10-8-6-4-2/h27-42H,3-20,23-24,43-44H2,1-2H3. The summed E-state index contributed by atoms with van der Waals surface area (Å²) in [5, 5.41) is 0. The van der Waals surface area contributed by atoms with Gasteiger partial charge in [-0.3, -0.25) is 0 Å². The number of ether oxygens (including phenoxy) is 2. The fourth-order valence-corrected chi connectivity index (χ4v) is 6.75. The average molecular weight is 723 g/mol. The van der Waals surface area contributed by atoms with E-state index in [1.807, 2.05) is 0 Å². The van der Waals surface area contributed by atoms with Crippen LogP contribution >= 0.6 is 0 Å². The number of hydrogen-bond acceptors (Lipinski definition) is 2. The van der Waals surface area contributed by atoms with Gasteiger partial charge in [0.25, 0.3) is 0 Å². The first-order chi connectivity index (χ1) is 26.7. The molecule has 0 heterocycles. The molecule has 0 amide bonds. The van der Waals surface area contributed by atoms with Crippen molar-refractivity contribution in [1.29, 1.82) is 0 Å². The van der Waals surface area contributed by atoms with Crippen LogP contribution < -0.4 is 9.47 Å². The van der Waals surface area contributed by atoms with Crippen LogP contribution in [0.25, 0.3) is 22.3 Å². The van der Waals surface area contributed by atoms with E-state index in [1.165, 1.54) is 138 Å². The zero-order valence-corrected chi connectivity index (χ0v) is 33.6. The molecular formula is C52H66O2. The average Bonchev–Trinajstić information content (AvgIpc) is 3.21. The minimum atomic E-state index is 0.793. The highest BCUT2D eigenvalue weighted by atomic mass is 16.5. The molecule has 4 rings (SSSR count). The third-order valence-electron chi connectivity index (χ3n) is 10.2. The Morgan fingerprint density at radius 1 is 0.315 bits per heavy atom. The summed E-state index contributed by atoms with van der Waals surface area (Å²) in [6, 6.07) is 33.5. The molecule has 0 radical (unpaired) electrons. The Bertz CT molecular complexity index is 1530. The lowest BCUT2D eigenvalue weighted by atomic mass is 10.0. The van der Waals surface area contributed by atoms with Crippen molar-refractivity contribution in [2.45, 2.75) is 142 Å². The Hall–Kier alpha value is -4.40. The van der Waals surface area contributed by atoms with Gasteiger partial charge in [-0.25, -0.2) is 0 Å². The molecule has 0 aromatic heterocycles. The number of unbranched alkanes of at least 4 members (excludes halogenated alkanes) is 18. The first-order valence-corrected chi connectivity index (χ1v) is 21.4. The molecular weight excluding hydrogens is 657 g/mol. The molecule has 0 aliphatic carbocycles. The second-order valence-electron chi connectivity index (χ2n) is 14.8. The molecule has 54 heavy (non-hydrogen) atoms. The topological polar surface area (TPSA) is 18.5 Å². The van der Waals surface area contributed by atoms with Crippen molar-refractivity contribution in [3.63, 3.8) is 0 Å². The van der Waals surface area contributed by atoms with Crippen molar-refractivity contribution in [3.05, 3.63) is 108 Å². The fraction of sp³-hybridized carbons (Fsp3) is 0.462. The van der Waals surface area contributed by atoms with Crippen LogP contribution in [0.5, 0.6) is 11.5 Å². The molecule has 0 fully saturated rings. The van der Waals surface area contributed by atoms with Gasteiger partial charge in [0.1, 0.15) is 11.5 Å². The second kappa shape index (κ2) is 27.2. The highest BCUT2D eigenvalue weighted by Crippen LogP contribution is 2.25. The minimum Gasteiger partial charge on any atom is -0.494 e. The third-order valence-corrected chi connectivity index (χ3v) is 10.2. The summed E-state index contributed by atoms with van der Waals surface area (Å²) >= 11 is 0. The first-order valence-electron chi connectivity index (χ1n) is 21.4. The van der Waals surface area contributed by atoms with Gasteiger partial charge in [0.05, 0.1) is 13.2 Å². The summed E-state index contributed by atoms with van der Waals surface area (Å²) in [7, 11) is 0. The van der Waals surface area contributed by atoms with Crippen molar-refractivity contribution in [1.82, 2.24) is 0 Å². The predicted molar refractivity (Wildman–Crippen MR) is 232 cm³/mol. The van der Waals surface area contributed by atoms with Crippen molar-refractivity contribution >= 4 is 0 Å². The van der Waals surface area contributed by atoms with E-state index in [2.05, 4.69) is 135 Å². The van der Waals surface area contributed by atoms with Crippen LogP contribution in [0.1, 0.15) is 153 Å². The van der Waals surface area contributed by atoms with Gasteiger partial charge < -0.3 is 9.47 Å². The van der Waals surface area contributed by atoms with Crippen molar-refractivity contribution in [2.75, 3.05) is 13.2 Å². The van der Waals surface area contributed by atoms with E-state index in [9.17, 15) is 0 Å². The highest BCUT2D eigenvalue weighted by Gasteiger charge is 2.02. The molecule has 0 aliphatic rings. The normalized spacial score (nSPS) is 10.6. The van der Waals surface area contributed by atoms with Crippen LogP contribution in [0.15, 0.2) is 97.1 Å². The lowest BCUT2D eigenvalue weighted by Crippen LogP contribution is -1.97. The summed E-state index contributed by atoms with van der Waals surface area (Å²) in [6.45, 7) is 6.14. The van der Waals surface area contributed by atoms with E-state index in [0.29, 0.717) is 0 Å². The fourth-order valence-electron chi connectivity index (χ4n) is 6.75. The van der Waals surface area contributed by atoms with Crippen molar-refractivity contribution < 1.29 is 9.47 Å². The maximum atomic E-state index is 6.00. The van der Waals surface area contributed by atoms with Gasteiger partial charge in [-0.1, -0.05) is 190 Å². The smallest absolute Gasteiger partial charge is 0.119 e. The molecule has 4 aromatic carbocycles. The molecule has 0 spiro atoms. The van der Waals surface area contributed by atoms with Gasteiger partial charge in [-0.05, 0) is 95.5 Å². The molecule has 0 saturated heterocycles. The van der Waals surface area contributed by atoms with Crippen LogP contribution in [-0.2, 0) is 0 Å². The monoisotopic (exact) mass is 723 g/mol. The molecule has 2 heteroatoms. The Morgan fingerprint density at radius 3 is 0.870 bits per heavy atom. The largest absolute Gasteiger partial charge is 0.494 e. The maximum absolute atomic E-state index is 6.00. The summed E-state index contributed by atoms with van der Waals surface area (Å²) in [6.07, 6.45) is 26.8. The first kappa shape index (κ1) is 42.3. The lowest BCUT2D eigenvalue weighted by molar-refractivity contribution is 0.304. The minimum absolute atomic E-state index is 0.793. The van der Waals surface area contributed by atoms with Crippen molar-refractivity contribution in [3.8, 4) is 57.4 Å². The molecule has 2 nitrogen and oxygen atoms in total. The van der Waals surface area contributed by atoms with E-state index in [1.54, 1.807) is 0 Å². The van der Waals surface area contributed by atoms with Gasteiger partial charge in [-0.2, -0.15) is 0 Å². The van der Waals surface area contributed by atoms with E-state index >= 15 is 0 Å². The number of benzene rings is 4. The van der Waals surface area contributed by atoms with Gasteiger partial charge in [0.2, 0.25) is 0 Å². The quantitative estimate of drug-likeness (QED) is 0.0474. The van der Waals surface area contributed by atoms with Crippen LogP contribution in [-0.4, -0.2) is 13.2 Å². The van der Waals surface area contributed by atoms with E-state index < -0.39 is 0 Å². The molecule has 286 valence electrons. The molecule has 4 aromatic rings.